The van der Waals surface area contributed by atoms with Crippen molar-refractivity contribution >= 4 is 37.3 Å². The molecule has 0 heterocycles. The summed E-state index contributed by atoms with van der Waals surface area (Å²) in [6, 6.07) is 13.7. The molecule has 4 N–H and O–H groups in total. The number of carbonyl (C=O) groups is 1. The number of nitro benzene ring substituents is 1. The van der Waals surface area contributed by atoms with E-state index in [1.165, 1.54) is 43.4 Å². The van der Waals surface area contributed by atoms with Gasteiger partial charge in [0.15, 0.2) is 0 Å². The number of hydrogen-bond donors (Lipinski definition) is 4. The predicted octanol–water partition coefficient (Wildman–Crippen LogP) is 1.94. The van der Waals surface area contributed by atoms with E-state index in [1.54, 1.807) is 6.07 Å². The van der Waals surface area contributed by atoms with Crippen LogP contribution in [0.3, 0.4) is 0 Å². The molecular weight excluding hydrogens is 500 g/mol. The fourth-order valence-corrected chi connectivity index (χ4v) is 4.87. The molecule has 1 amide bonds. The van der Waals surface area contributed by atoms with Gasteiger partial charge in [0, 0.05) is 24.4 Å². The van der Waals surface area contributed by atoms with Crippen LogP contribution < -0.4 is 14.8 Å². The molecule has 0 aliphatic carbocycles. The summed E-state index contributed by atoms with van der Waals surface area (Å²) in [5.41, 5.74) is -0.258. The van der Waals surface area contributed by atoms with Crippen molar-refractivity contribution < 1.29 is 31.7 Å². The number of carbonyl (C=O) groups excluding carboxylic acids is 1. The van der Waals surface area contributed by atoms with Crippen LogP contribution >= 0.6 is 0 Å². The minimum atomic E-state index is -4.23. The zero-order valence-corrected chi connectivity index (χ0v) is 19.8. The molecule has 12 nitrogen and oxygen atoms in total. The number of non-ortho nitro benzene ring substituents is 1. The van der Waals surface area contributed by atoms with Gasteiger partial charge >= 0.3 is 0 Å². The summed E-state index contributed by atoms with van der Waals surface area (Å²) in [5, 5.41) is 23.6. The second-order valence-electron chi connectivity index (χ2n) is 7.13. The lowest BCUT2D eigenvalue weighted by molar-refractivity contribution is -0.385. The molecule has 0 spiro atoms. The number of aromatic hydroxyl groups is 1. The average molecular weight is 521 g/mol. The molecule has 0 bridgehead atoms. The second kappa shape index (κ2) is 10.1. The van der Waals surface area contributed by atoms with Gasteiger partial charge in [0.25, 0.3) is 21.6 Å². The van der Waals surface area contributed by atoms with E-state index in [4.69, 9.17) is 0 Å². The molecule has 0 aliphatic heterocycles. The molecule has 3 aromatic carbocycles. The van der Waals surface area contributed by atoms with Crippen molar-refractivity contribution in [3.05, 3.63) is 88.0 Å². The van der Waals surface area contributed by atoms with Crippen LogP contribution in [-0.2, 0) is 26.6 Å². The number of rotatable bonds is 9. The summed E-state index contributed by atoms with van der Waals surface area (Å²) in [5.74, 6) is -1.17. The van der Waals surface area contributed by atoms with E-state index in [9.17, 15) is 36.9 Å². The van der Waals surface area contributed by atoms with E-state index in [-0.39, 0.29) is 27.6 Å². The molecule has 14 heteroatoms. The van der Waals surface area contributed by atoms with Gasteiger partial charge in [0.1, 0.15) is 5.75 Å². The van der Waals surface area contributed by atoms with Crippen LogP contribution in [0.15, 0.2) is 76.5 Å². The first-order chi connectivity index (χ1) is 16.4. The summed E-state index contributed by atoms with van der Waals surface area (Å²) in [6.45, 7) is -0.0744. The fourth-order valence-electron chi connectivity index (χ4n) is 2.98. The largest absolute Gasteiger partial charge is 0.507 e. The number of phenolic OH excluding ortho intramolecular Hbond substituents is 1. The molecule has 184 valence electrons. The van der Waals surface area contributed by atoms with E-state index < -0.39 is 42.3 Å². The minimum Gasteiger partial charge on any atom is -0.507 e. The Hall–Kier alpha value is -4.01. The van der Waals surface area contributed by atoms with E-state index in [0.717, 1.165) is 24.3 Å². The number of nitro groups is 1. The van der Waals surface area contributed by atoms with Gasteiger partial charge in [0.05, 0.1) is 20.3 Å². The molecular formula is C21H20N4O8S2. The predicted molar refractivity (Wildman–Crippen MR) is 126 cm³/mol. The van der Waals surface area contributed by atoms with Crippen LogP contribution in [-0.4, -0.2) is 39.8 Å². The number of benzene rings is 3. The number of hydrogen-bond acceptors (Lipinski definition) is 8. The fraction of sp³-hybridized carbons (Fsp3) is 0.0952. The van der Waals surface area contributed by atoms with Crippen LogP contribution in [0.25, 0.3) is 0 Å². The van der Waals surface area contributed by atoms with Crippen molar-refractivity contribution in [2.75, 3.05) is 11.8 Å². The first-order valence-corrected chi connectivity index (χ1v) is 12.8. The van der Waals surface area contributed by atoms with Crippen LogP contribution in [0.2, 0.25) is 0 Å². The first kappa shape index (κ1) is 25.6. The summed E-state index contributed by atoms with van der Waals surface area (Å²) in [7, 11) is -6.64. The standard InChI is InChI=1S/C21H20N4O8S2/c1-22-34(30,31)17-6-2-4-14(10-17)13-23-21(27)19-11-15(8-9-20(19)26)24-35(32,33)18-7-3-5-16(12-18)25(28)29/h2-12,22,24,26H,13H2,1H3,(H,23,27). The van der Waals surface area contributed by atoms with Crippen molar-refractivity contribution in [2.24, 2.45) is 0 Å². The van der Waals surface area contributed by atoms with Crippen molar-refractivity contribution in [3.8, 4) is 5.75 Å². The Kier molecular flexibility index (Phi) is 7.38. The van der Waals surface area contributed by atoms with E-state index >= 15 is 0 Å². The first-order valence-electron chi connectivity index (χ1n) is 9.84. The van der Waals surface area contributed by atoms with Gasteiger partial charge in [-0.05, 0) is 49.0 Å². The summed E-state index contributed by atoms with van der Waals surface area (Å²) in [6.07, 6.45) is 0. The molecule has 3 rings (SSSR count). The Morgan fingerprint density at radius 3 is 2.26 bits per heavy atom. The van der Waals surface area contributed by atoms with E-state index in [0.29, 0.717) is 5.56 Å². The Labute approximate surface area is 200 Å². The summed E-state index contributed by atoms with van der Waals surface area (Å²) in [4.78, 5) is 22.5. The van der Waals surface area contributed by atoms with Crippen LogP contribution in [0, 0.1) is 10.1 Å². The zero-order valence-electron chi connectivity index (χ0n) is 18.1. The normalized spacial score (nSPS) is 11.6. The minimum absolute atomic E-state index is 0.00662. The maximum absolute atomic E-state index is 12.6. The third-order valence-electron chi connectivity index (χ3n) is 4.76. The van der Waals surface area contributed by atoms with Gasteiger partial charge in [-0.3, -0.25) is 19.6 Å². The van der Waals surface area contributed by atoms with Crippen molar-refractivity contribution in [1.29, 1.82) is 0 Å². The highest BCUT2D eigenvalue weighted by Gasteiger charge is 2.20. The number of anilines is 1. The van der Waals surface area contributed by atoms with Gasteiger partial charge in [-0.1, -0.05) is 18.2 Å². The molecule has 0 saturated heterocycles. The lowest BCUT2D eigenvalue weighted by atomic mass is 10.1. The Bertz CT molecular complexity index is 1510. The summed E-state index contributed by atoms with van der Waals surface area (Å²) < 4.78 is 53.6. The Morgan fingerprint density at radius 2 is 1.60 bits per heavy atom. The van der Waals surface area contributed by atoms with Crippen LogP contribution in [0.5, 0.6) is 5.75 Å². The third kappa shape index (κ3) is 6.11. The number of sulfonamides is 2. The molecule has 0 aliphatic rings. The molecule has 0 radical (unpaired) electrons. The van der Waals surface area contributed by atoms with E-state index in [2.05, 4.69) is 14.8 Å². The zero-order chi connectivity index (χ0) is 25.8. The molecule has 0 saturated carbocycles. The van der Waals surface area contributed by atoms with Crippen molar-refractivity contribution in [3.63, 3.8) is 0 Å². The maximum Gasteiger partial charge on any atom is 0.270 e. The van der Waals surface area contributed by atoms with Gasteiger partial charge in [0.2, 0.25) is 10.0 Å². The van der Waals surface area contributed by atoms with Gasteiger partial charge < -0.3 is 10.4 Å². The molecule has 0 aromatic heterocycles. The van der Waals surface area contributed by atoms with Crippen molar-refractivity contribution in [2.45, 2.75) is 16.3 Å². The van der Waals surface area contributed by atoms with E-state index in [1.807, 2.05) is 0 Å². The lowest BCUT2D eigenvalue weighted by Gasteiger charge is -2.12. The highest BCUT2D eigenvalue weighted by molar-refractivity contribution is 7.92. The number of nitrogens with one attached hydrogen (secondary N) is 3. The smallest absolute Gasteiger partial charge is 0.270 e. The number of phenols is 1. The quantitative estimate of drug-likeness (QED) is 0.187. The van der Waals surface area contributed by atoms with Gasteiger partial charge in [-0.15, -0.1) is 0 Å². The molecule has 0 unspecified atom stereocenters. The Morgan fingerprint density at radius 1 is 0.943 bits per heavy atom. The maximum atomic E-state index is 12.6. The van der Waals surface area contributed by atoms with Crippen LogP contribution in [0.1, 0.15) is 15.9 Å². The molecule has 0 atom stereocenters. The van der Waals surface area contributed by atoms with Gasteiger partial charge in [-0.2, -0.15) is 0 Å². The van der Waals surface area contributed by atoms with Gasteiger partial charge in [-0.25, -0.2) is 21.6 Å². The average Bonchev–Trinajstić information content (AvgIpc) is 2.83. The molecule has 0 fully saturated rings. The lowest BCUT2D eigenvalue weighted by Crippen LogP contribution is -2.24. The topological polar surface area (TPSA) is 185 Å². The Balaban J connectivity index is 1.78. The molecule has 35 heavy (non-hydrogen) atoms. The van der Waals surface area contributed by atoms with Crippen LogP contribution in [0.4, 0.5) is 11.4 Å². The monoisotopic (exact) mass is 520 g/mol. The number of nitrogens with zero attached hydrogens (tertiary/aromatic N) is 1. The third-order valence-corrected chi connectivity index (χ3v) is 7.55. The van der Waals surface area contributed by atoms with Crippen molar-refractivity contribution in [1.82, 2.24) is 10.0 Å². The molecule has 3 aromatic rings. The highest BCUT2D eigenvalue weighted by Crippen LogP contribution is 2.25. The highest BCUT2D eigenvalue weighted by atomic mass is 32.2. The SMILES string of the molecule is CNS(=O)(=O)c1cccc(CNC(=O)c2cc(NS(=O)(=O)c3cccc([N+](=O)[O-])c3)ccc2O)c1. The second-order valence-corrected chi connectivity index (χ2v) is 10.7. The summed E-state index contributed by atoms with van der Waals surface area (Å²) >= 11 is 0. The number of amides is 1.